The molecule has 0 bridgehead atoms. The monoisotopic (exact) mass is 381 g/mol. The van der Waals surface area contributed by atoms with Gasteiger partial charge in [0.05, 0.1) is 5.75 Å². The number of amides is 4. The van der Waals surface area contributed by atoms with Crippen LogP contribution in [0.2, 0.25) is 0 Å². The van der Waals surface area contributed by atoms with Gasteiger partial charge in [0.25, 0.3) is 5.24 Å². The highest BCUT2D eigenvalue weighted by atomic mass is 32.2. The number of carbonyl (C=O) groups excluding carboxylic acids is 4. The molecule has 8 heteroatoms. The minimum absolute atomic E-state index is 0.0241. The summed E-state index contributed by atoms with van der Waals surface area (Å²) < 4.78 is 0. The number of hydrogen-bond donors (Lipinski definition) is 2. The van der Waals surface area contributed by atoms with Crippen molar-refractivity contribution in [2.45, 2.75) is 44.9 Å². The first-order valence-electron chi connectivity index (χ1n) is 9.57. The second kappa shape index (κ2) is 8.88. The Labute approximate surface area is 158 Å². The number of hydrogen-bond acceptors (Lipinski definition) is 5. The largest absolute Gasteiger partial charge is 0.356 e. The Morgan fingerprint density at radius 3 is 2.08 bits per heavy atom. The maximum Gasteiger partial charge on any atom is 0.288 e. The molecule has 3 aliphatic rings. The lowest BCUT2D eigenvalue weighted by atomic mass is 9.80. The predicted molar refractivity (Wildman–Crippen MR) is 98.4 cm³/mol. The normalized spacial score (nSPS) is 26.5. The SMILES string of the molecule is O=C1CSC(=O)N1CCNC(=O)[C@H]1CC[C@H](C(=O)NCC2CCC2)CC1. The molecule has 3 fully saturated rings. The van der Waals surface area contributed by atoms with Crippen LogP contribution in [0.1, 0.15) is 44.9 Å². The Morgan fingerprint density at radius 1 is 0.962 bits per heavy atom. The van der Waals surface area contributed by atoms with Gasteiger partial charge in [-0.3, -0.25) is 24.1 Å². The van der Waals surface area contributed by atoms with E-state index in [4.69, 9.17) is 0 Å². The van der Waals surface area contributed by atoms with E-state index in [-0.39, 0.29) is 47.1 Å². The first-order valence-corrected chi connectivity index (χ1v) is 10.6. The van der Waals surface area contributed by atoms with E-state index in [1.165, 1.54) is 24.2 Å². The minimum Gasteiger partial charge on any atom is -0.356 e. The van der Waals surface area contributed by atoms with Crippen LogP contribution in [0.4, 0.5) is 4.79 Å². The fourth-order valence-electron chi connectivity index (χ4n) is 3.74. The van der Waals surface area contributed by atoms with Gasteiger partial charge in [0.2, 0.25) is 17.7 Å². The maximum atomic E-state index is 12.3. The van der Waals surface area contributed by atoms with E-state index in [0.717, 1.165) is 31.1 Å². The van der Waals surface area contributed by atoms with Crippen LogP contribution in [0.25, 0.3) is 0 Å². The number of nitrogens with zero attached hydrogens (tertiary/aromatic N) is 1. The summed E-state index contributed by atoms with van der Waals surface area (Å²) in [6, 6.07) is 0. The quantitative estimate of drug-likeness (QED) is 0.697. The number of imide groups is 1. The van der Waals surface area contributed by atoms with Gasteiger partial charge < -0.3 is 10.6 Å². The van der Waals surface area contributed by atoms with E-state index in [1.807, 2.05) is 0 Å². The molecule has 26 heavy (non-hydrogen) atoms. The zero-order valence-electron chi connectivity index (χ0n) is 15.0. The third-order valence-electron chi connectivity index (χ3n) is 5.73. The fourth-order valence-corrected chi connectivity index (χ4v) is 4.49. The van der Waals surface area contributed by atoms with Crippen LogP contribution in [0.3, 0.4) is 0 Å². The molecule has 0 unspecified atom stereocenters. The van der Waals surface area contributed by atoms with Gasteiger partial charge in [0.1, 0.15) is 0 Å². The second-order valence-electron chi connectivity index (χ2n) is 7.48. The highest BCUT2D eigenvalue weighted by Crippen LogP contribution is 2.30. The molecule has 0 radical (unpaired) electrons. The van der Waals surface area contributed by atoms with Crippen LogP contribution >= 0.6 is 11.8 Å². The molecule has 1 aliphatic heterocycles. The molecule has 4 amide bonds. The average molecular weight is 381 g/mol. The molecule has 0 aromatic rings. The summed E-state index contributed by atoms with van der Waals surface area (Å²) >= 11 is 1.00. The van der Waals surface area contributed by atoms with Crippen molar-refractivity contribution in [2.24, 2.45) is 17.8 Å². The van der Waals surface area contributed by atoms with E-state index in [2.05, 4.69) is 10.6 Å². The molecule has 0 atom stereocenters. The van der Waals surface area contributed by atoms with E-state index < -0.39 is 0 Å². The Hall–Kier alpha value is -1.57. The van der Waals surface area contributed by atoms with Crippen molar-refractivity contribution >= 4 is 34.7 Å². The molecule has 0 spiro atoms. The molecule has 2 N–H and O–H groups in total. The van der Waals surface area contributed by atoms with Gasteiger partial charge in [-0.15, -0.1) is 0 Å². The van der Waals surface area contributed by atoms with Crippen LogP contribution in [0.5, 0.6) is 0 Å². The van der Waals surface area contributed by atoms with Gasteiger partial charge in [-0.2, -0.15) is 0 Å². The topological polar surface area (TPSA) is 95.6 Å². The van der Waals surface area contributed by atoms with Crippen molar-refractivity contribution in [3.05, 3.63) is 0 Å². The molecular weight excluding hydrogens is 354 g/mol. The molecule has 7 nitrogen and oxygen atoms in total. The summed E-state index contributed by atoms with van der Waals surface area (Å²) in [5.41, 5.74) is 0. The molecule has 2 aliphatic carbocycles. The summed E-state index contributed by atoms with van der Waals surface area (Å²) in [5, 5.41) is 5.65. The standard InChI is InChI=1S/C18H27N3O4S/c22-15-11-26-18(25)21(15)9-8-19-16(23)13-4-6-14(7-5-13)17(24)20-10-12-2-1-3-12/h12-14H,1-11H2,(H,19,23)(H,20,24)/t13-,14-. The zero-order chi connectivity index (χ0) is 18.5. The zero-order valence-corrected chi connectivity index (χ0v) is 15.8. The average Bonchev–Trinajstić information content (AvgIpc) is 2.92. The molecule has 1 heterocycles. The van der Waals surface area contributed by atoms with Crippen molar-refractivity contribution in [3.63, 3.8) is 0 Å². The molecule has 0 aromatic carbocycles. The molecular formula is C18H27N3O4S. The Kier molecular flexibility index (Phi) is 6.56. The van der Waals surface area contributed by atoms with Crippen molar-refractivity contribution in [2.75, 3.05) is 25.4 Å². The summed E-state index contributed by atoms with van der Waals surface area (Å²) in [6.45, 7) is 1.32. The van der Waals surface area contributed by atoms with Crippen LogP contribution in [-0.4, -0.2) is 53.2 Å². The van der Waals surface area contributed by atoms with Crippen LogP contribution < -0.4 is 10.6 Å². The van der Waals surface area contributed by atoms with E-state index >= 15 is 0 Å². The van der Waals surface area contributed by atoms with Crippen LogP contribution in [0.15, 0.2) is 0 Å². The van der Waals surface area contributed by atoms with E-state index in [9.17, 15) is 19.2 Å². The second-order valence-corrected chi connectivity index (χ2v) is 8.41. The third-order valence-corrected chi connectivity index (χ3v) is 6.59. The highest BCUT2D eigenvalue weighted by molar-refractivity contribution is 8.14. The van der Waals surface area contributed by atoms with Gasteiger partial charge in [0.15, 0.2) is 0 Å². The molecule has 0 aromatic heterocycles. The number of nitrogens with one attached hydrogen (secondary N) is 2. The smallest absolute Gasteiger partial charge is 0.288 e. The van der Waals surface area contributed by atoms with Crippen molar-refractivity contribution in [1.82, 2.24) is 15.5 Å². The lowest BCUT2D eigenvalue weighted by Crippen LogP contribution is -2.42. The first-order chi connectivity index (χ1) is 12.5. The minimum atomic E-state index is -0.238. The van der Waals surface area contributed by atoms with E-state index in [0.29, 0.717) is 25.3 Å². The number of thioether (sulfide) groups is 1. The summed E-state index contributed by atoms with van der Waals surface area (Å²) in [5.74, 6) is 0.710. The fraction of sp³-hybridized carbons (Fsp3) is 0.778. The van der Waals surface area contributed by atoms with Crippen molar-refractivity contribution < 1.29 is 19.2 Å². The van der Waals surface area contributed by atoms with Crippen molar-refractivity contribution in [3.8, 4) is 0 Å². The lowest BCUT2D eigenvalue weighted by molar-refractivity contribution is -0.130. The summed E-state index contributed by atoms with van der Waals surface area (Å²) in [6.07, 6.45) is 6.64. The Balaban J connectivity index is 1.32. The van der Waals surface area contributed by atoms with Gasteiger partial charge in [0, 0.05) is 31.5 Å². The Bertz CT molecular complexity index is 555. The Morgan fingerprint density at radius 2 is 1.58 bits per heavy atom. The van der Waals surface area contributed by atoms with Crippen molar-refractivity contribution in [1.29, 1.82) is 0 Å². The van der Waals surface area contributed by atoms with Crippen LogP contribution in [-0.2, 0) is 14.4 Å². The third kappa shape index (κ3) is 4.78. The van der Waals surface area contributed by atoms with Gasteiger partial charge in [-0.25, -0.2) is 0 Å². The lowest BCUT2D eigenvalue weighted by Gasteiger charge is -2.29. The first kappa shape index (κ1) is 19.2. The maximum absolute atomic E-state index is 12.3. The van der Waals surface area contributed by atoms with Gasteiger partial charge >= 0.3 is 0 Å². The van der Waals surface area contributed by atoms with Crippen LogP contribution in [0, 0.1) is 17.8 Å². The van der Waals surface area contributed by atoms with Gasteiger partial charge in [-0.1, -0.05) is 18.2 Å². The molecule has 2 saturated carbocycles. The summed E-state index contributed by atoms with van der Waals surface area (Å²) in [4.78, 5) is 48.7. The summed E-state index contributed by atoms with van der Waals surface area (Å²) in [7, 11) is 0. The molecule has 144 valence electrons. The van der Waals surface area contributed by atoms with E-state index in [1.54, 1.807) is 0 Å². The number of rotatable bonds is 7. The molecule has 1 saturated heterocycles. The number of carbonyl (C=O) groups is 4. The van der Waals surface area contributed by atoms with Gasteiger partial charge in [-0.05, 0) is 44.4 Å². The molecule has 3 rings (SSSR count). The highest BCUT2D eigenvalue weighted by Gasteiger charge is 2.32. The predicted octanol–water partition coefficient (Wildman–Crippen LogP) is 1.52.